The van der Waals surface area contributed by atoms with Crippen molar-refractivity contribution in [2.45, 2.75) is 25.9 Å². The van der Waals surface area contributed by atoms with E-state index in [4.69, 9.17) is 9.84 Å². The topological polar surface area (TPSA) is 49.8 Å². The summed E-state index contributed by atoms with van der Waals surface area (Å²) in [6.07, 6.45) is 1.32. The fourth-order valence-corrected chi connectivity index (χ4v) is 0.910. The van der Waals surface area contributed by atoms with Crippen LogP contribution in [0.5, 0.6) is 0 Å². The van der Waals surface area contributed by atoms with Crippen molar-refractivity contribution in [1.29, 1.82) is 0 Å². The van der Waals surface area contributed by atoms with Crippen LogP contribution >= 0.6 is 0 Å². The van der Waals surface area contributed by atoms with Crippen molar-refractivity contribution < 1.29 is 14.6 Å². The minimum Gasteiger partial charge on any atom is -0.395 e. The third-order valence-electron chi connectivity index (χ3n) is 2.03. The van der Waals surface area contributed by atoms with E-state index in [1.165, 1.54) is 4.90 Å². The summed E-state index contributed by atoms with van der Waals surface area (Å²) < 4.78 is 5.02. The number of carbonyl (C=O) groups is 1. The zero-order valence-corrected chi connectivity index (χ0v) is 8.62. The van der Waals surface area contributed by atoms with E-state index in [0.29, 0.717) is 13.0 Å². The van der Waals surface area contributed by atoms with Crippen molar-refractivity contribution in [1.82, 2.24) is 4.90 Å². The van der Waals surface area contributed by atoms with Crippen molar-refractivity contribution in [2.24, 2.45) is 0 Å². The molecule has 0 aliphatic rings. The molecule has 13 heavy (non-hydrogen) atoms. The average Bonchev–Trinajstić information content (AvgIpc) is 2.13. The molecule has 1 unspecified atom stereocenters. The monoisotopic (exact) mass is 189 g/mol. The van der Waals surface area contributed by atoms with E-state index in [-0.39, 0.29) is 18.6 Å². The number of hydrogen-bond acceptors (Lipinski definition) is 3. The Hall–Kier alpha value is -0.610. The van der Waals surface area contributed by atoms with Crippen LogP contribution in [0.4, 0.5) is 0 Å². The summed E-state index contributed by atoms with van der Waals surface area (Å²) in [4.78, 5) is 12.8. The molecule has 0 aliphatic carbocycles. The van der Waals surface area contributed by atoms with E-state index in [2.05, 4.69) is 0 Å². The van der Waals surface area contributed by atoms with Crippen LogP contribution in [0.3, 0.4) is 0 Å². The van der Waals surface area contributed by atoms with Gasteiger partial charge >= 0.3 is 0 Å². The first-order chi connectivity index (χ1) is 6.11. The van der Waals surface area contributed by atoms with Crippen LogP contribution in [-0.2, 0) is 9.53 Å². The molecule has 1 amide bonds. The van der Waals surface area contributed by atoms with Gasteiger partial charge in [-0.05, 0) is 13.3 Å². The minimum atomic E-state index is 0.0159. The summed E-state index contributed by atoms with van der Waals surface area (Å²) in [5, 5.41) is 8.59. The Morgan fingerprint density at radius 3 is 2.69 bits per heavy atom. The molecular formula is C9H19NO3. The number of hydrogen-bond donors (Lipinski definition) is 1. The molecule has 0 bridgehead atoms. The molecule has 0 aromatic carbocycles. The van der Waals surface area contributed by atoms with Crippen LogP contribution < -0.4 is 0 Å². The van der Waals surface area contributed by atoms with Gasteiger partial charge in [0, 0.05) is 27.1 Å². The highest BCUT2D eigenvalue weighted by Crippen LogP contribution is 2.02. The maximum absolute atomic E-state index is 11.3. The lowest BCUT2D eigenvalue weighted by Gasteiger charge is -2.16. The second-order valence-electron chi connectivity index (χ2n) is 3.12. The molecule has 0 aromatic heterocycles. The van der Waals surface area contributed by atoms with E-state index in [0.717, 1.165) is 6.42 Å². The van der Waals surface area contributed by atoms with Gasteiger partial charge in [-0.3, -0.25) is 4.79 Å². The molecule has 0 radical (unpaired) electrons. The van der Waals surface area contributed by atoms with Crippen molar-refractivity contribution in [2.75, 3.05) is 27.3 Å². The van der Waals surface area contributed by atoms with Crippen molar-refractivity contribution in [3.05, 3.63) is 0 Å². The van der Waals surface area contributed by atoms with Gasteiger partial charge in [0.2, 0.25) is 5.91 Å². The third-order valence-corrected chi connectivity index (χ3v) is 2.03. The van der Waals surface area contributed by atoms with Gasteiger partial charge in [0.1, 0.15) is 0 Å². The van der Waals surface area contributed by atoms with Crippen molar-refractivity contribution >= 4 is 5.91 Å². The summed E-state index contributed by atoms with van der Waals surface area (Å²) in [5.41, 5.74) is 0. The normalized spacial score (nSPS) is 12.6. The molecule has 0 spiro atoms. The molecule has 1 atom stereocenters. The number of nitrogens with zero attached hydrogens (tertiary/aromatic N) is 1. The lowest BCUT2D eigenvalue weighted by molar-refractivity contribution is -0.130. The Labute approximate surface area is 79.5 Å². The van der Waals surface area contributed by atoms with E-state index in [1.807, 2.05) is 6.92 Å². The van der Waals surface area contributed by atoms with Gasteiger partial charge in [0.25, 0.3) is 0 Å². The van der Waals surface area contributed by atoms with Crippen LogP contribution in [0.1, 0.15) is 19.8 Å². The maximum atomic E-state index is 11.3. The second-order valence-corrected chi connectivity index (χ2v) is 3.12. The lowest BCUT2D eigenvalue weighted by atomic mass is 10.2. The molecule has 0 saturated carbocycles. The van der Waals surface area contributed by atoms with Gasteiger partial charge in [-0.15, -0.1) is 0 Å². The molecule has 0 aromatic rings. The number of aliphatic hydroxyl groups excluding tert-OH is 1. The third kappa shape index (κ3) is 5.60. The first-order valence-corrected chi connectivity index (χ1v) is 4.49. The van der Waals surface area contributed by atoms with Crippen molar-refractivity contribution in [3.63, 3.8) is 0 Å². The molecule has 0 rings (SSSR count). The smallest absolute Gasteiger partial charge is 0.222 e. The summed E-state index contributed by atoms with van der Waals surface area (Å²) in [7, 11) is 3.32. The Balaban J connectivity index is 3.61. The van der Waals surface area contributed by atoms with Gasteiger partial charge in [0.15, 0.2) is 0 Å². The van der Waals surface area contributed by atoms with Crippen LogP contribution in [0.2, 0.25) is 0 Å². The fraction of sp³-hybridized carbons (Fsp3) is 0.889. The van der Waals surface area contributed by atoms with E-state index in [1.54, 1.807) is 14.2 Å². The molecule has 0 heterocycles. The van der Waals surface area contributed by atoms with Crippen LogP contribution in [0, 0.1) is 0 Å². The standard InChI is InChI=1S/C9H19NO3/c1-8(13-3)4-5-9(12)10(2)6-7-11/h8,11H,4-7H2,1-3H3. The van der Waals surface area contributed by atoms with E-state index >= 15 is 0 Å². The molecule has 4 nitrogen and oxygen atoms in total. The molecule has 1 N–H and O–H groups in total. The number of methoxy groups -OCH3 is 1. The number of rotatable bonds is 6. The summed E-state index contributed by atoms with van der Waals surface area (Å²) in [6, 6.07) is 0. The molecule has 0 saturated heterocycles. The largest absolute Gasteiger partial charge is 0.395 e. The molecule has 4 heteroatoms. The number of amides is 1. The highest BCUT2D eigenvalue weighted by atomic mass is 16.5. The molecule has 0 fully saturated rings. The van der Waals surface area contributed by atoms with Crippen LogP contribution in [-0.4, -0.2) is 49.3 Å². The first kappa shape index (κ1) is 12.4. The number of ether oxygens (including phenoxy) is 1. The molecular weight excluding hydrogens is 170 g/mol. The summed E-state index contributed by atoms with van der Waals surface area (Å²) in [5.74, 6) is 0.0537. The SMILES string of the molecule is COC(C)CCC(=O)N(C)CCO. The highest BCUT2D eigenvalue weighted by Gasteiger charge is 2.09. The molecule has 78 valence electrons. The quantitative estimate of drug-likeness (QED) is 0.651. The van der Waals surface area contributed by atoms with Gasteiger partial charge in [-0.2, -0.15) is 0 Å². The van der Waals surface area contributed by atoms with Crippen LogP contribution in [0.25, 0.3) is 0 Å². The fourth-order valence-electron chi connectivity index (χ4n) is 0.910. The average molecular weight is 189 g/mol. The minimum absolute atomic E-state index is 0.0159. The lowest BCUT2D eigenvalue weighted by Crippen LogP contribution is -2.29. The Morgan fingerprint density at radius 2 is 2.23 bits per heavy atom. The van der Waals surface area contributed by atoms with Gasteiger partial charge < -0.3 is 14.7 Å². The summed E-state index contributed by atoms with van der Waals surface area (Å²) in [6.45, 7) is 2.35. The van der Waals surface area contributed by atoms with E-state index < -0.39 is 0 Å². The number of carbonyl (C=O) groups excluding carboxylic acids is 1. The predicted molar refractivity (Wildman–Crippen MR) is 50.4 cm³/mol. The van der Waals surface area contributed by atoms with E-state index in [9.17, 15) is 4.79 Å². The Kier molecular flexibility index (Phi) is 6.54. The number of likely N-dealkylation sites (N-methyl/N-ethyl adjacent to an activating group) is 1. The highest BCUT2D eigenvalue weighted by molar-refractivity contribution is 5.75. The summed E-state index contributed by atoms with van der Waals surface area (Å²) >= 11 is 0. The molecule has 0 aliphatic heterocycles. The van der Waals surface area contributed by atoms with Crippen molar-refractivity contribution in [3.8, 4) is 0 Å². The van der Waals surface area contributed by atoms with Crippen LogP contribution in [0.15, 0.2) is 0 Å². The number of aliphatic hydroxyl groups is 1. The zero-order chi connectivity index (χ0) is 10.3. The first-order valence-electron chi connectivity index (χ1n) is 4.49. The maximum Gasteiger partial charge on any atom is 0.222 e. The van der Waals surface area contributed by atoms with Gasteiger partial charge in [-0.1, -0.05) is 0 Å². The van der Waals surface area contributed by atoms with Gasteiger partial charge in [0.05, 0.1) is 12.7 Å². The second kappa shape index (κ2) is 6.86. The Morgan fingerprint density at radius 1 is 1.62 bits per heavy atom. The van der Waals surface area contributed by atoms with Gasteiger partial charge in [-0.25, -0.2) is 0 Å². The zero-order valence-electron chi connectivity index (χ0n) is 8.62. The predicted octanol–water partition coefficient (Wildman–Crippen LogP) is 0.252. The Bertz CT molecular complexity index is 150.